The lowest BCUT2D eigenvalue weighted by Crippen LogP contribution is -2.39. The zero-order chi connectivity index (χ0) is 19.6. The second-order valence-electron chi connectivity index (χ2n) is 7.02. The van der Waals surface area contributed by atoms with Crippen LogP contribution < -0.4 is 5.32 Å². The Hall–Kier alpha value is -2.25. The minimum Gasteiger partial charge on any atom is -0.322 e. The molecule has 1 N–H and O–H groups in total. The molecule has 1 amide bonds. The summed E-state index contributed by atoms with van der Waals surface area (Å²) in [4.78, 5) is 12.1. The van der Waals surface area contributed by atoms with Gasteiger partial charge in [0.05, 0.1) is 0 Å². The van der Waals surface area contributed by atoms with Gasteiger partial charge in [-0.15, -0.1) is 0 Å². The minimum atomic E-state index is -3.98. The van der Waals surface area contributed by atoms with Crippen LogP contribution in [0.15, 0.2) is 47.4 Å². The van der Waals surface area contributed by atoms with E-state index in [0.29, 0.717) is 18.8 Å². The van der Waals surface area contributed by atoms with Crippen LogP contribution in [0.2, 0.25) is 0 Å². The van der Waals surface area contributed by atoms with E-state index in [1.54, 1.807) is 12.1 Å². The molecule has 0 aliphatic carbocycles. The van der Waals surface area contributed by atoms with Crippen LogP contribution in [0.1, 0.15) is 35.7 Å². The average molecular weight is 390 g/mol. The van der Waals surface area contributed by atoms with E-state index < -0.39 is 26.6 Å². The van der Waals surface area contributed by atoms with Crippen molar-refractivity contribution in [3.05, 3.63) is 59.4 Å². The number of carbonyl (C=O) groups is 1. The zero-order valence-corrected chi connectivity index (χ0v) is 16.2. The molecule has 5 nitrogen and oxygen atoms in total. The molecule has 1 saturated heterocycles. The number of rotatable bonds is 4. The van der Waals surface area contributed by atoms with Crippen molar-refractivity contribution in [3.8, 4) is 0 Å². The normalized spacial score (nSPS) is 18.3. The van der Waals surface area contributed by atoms with E-state index in [0.717, 1.165) is 30.5 Å². The lowest BCUT2D eigenvalue weighted by atomic mass is 10.0. The number of para-hydroxylation sites is 1. The second kappa shape index (κ2) is 7.78. The van der Waals surface area contributed by atoms with Crippen LogP contribution in [-0.4, -0.2) is 31.7 Å². The summed E-state index contributed by atoms with van der Waals surface area (Å²) in [6.07, 6.45) is 1.70. The molecule has 1 fully saturated rings. The predicted molar refractivity (Wildman–Crippen MR) is 103 cm³/mol. The van der Waals surface area contributed by atoms with Crippen LogP contribution in [0, 0.1) is 18.7 Å². The fourth-order valence-corrected chi connectivity index (χ4v) is 4.94. The van der Waals surface area contributed by atoms with Crippen molar-refractivity contribution in [2.24, 2.45) is 5.92 Å². The summed E-state index contributed by atoms with van der Waals surface area (Å²) in [6, 6.07) is 10.7. The van der Waals surface area contributed by atoms with Gasteiger partial charge in [-0.2, -0.15) is 4.31 Å². The predicted octanol–water partition coefficient (Wildman–Crippen LogP) is 3.81. The third kappa shape index (κ3) is 4.20. The number of sulfonamides is 1. The van der Waals surface area contributed by atoms with E-state index in [9.17, 15) is 17.6 Å². The molecule has 1 heterocycles. The van der Waals surface area contributed by atoms with Crippen molar-refractivity contribution in [2.45, 2.75) is 31.6 Å². The number of aryl methyl sites for hydroxylation is 1. The van der Waals surface area contributed by atoms with E-state index in [1.165, 1.54) is 10.4 Å². The van der Waals surface area contributed by atoms with Crippen LogP contribution in [0.3, 0.4) is 0 Å². The fraction of sp³-hybridized carbons (Fsp3) is 0.350. The Balaban J connectivity index is 1.90. The summed E-state index contributed by atoms with van der Waals surface area (Å²) in [7, 11) is -3.98. The summed E-state index contributed by atoms with van der Waals surface area (Å²) in [6.45, 7) is 4.56. The monoisotopic (exact) mass is 390 g/mol. The molecule has 0 aromatic heterocycles. The Morgan fingerprint density at radius 1 is 1.22 bits per heavy atom. The number of hydrogen-bond acceptors (Lipinski definition) is 3. The van der Waals surface area contributed by atoms with Gasteiger partial charge in [0.25, 0.3) is 5.91 Å². The van der Waals surface area contributed by atoms with Gasteiger partial charge in [-0.3, -0.25) is 4.79 Å². The Labute approximate surface area is 159 Å². The molecule has 1 aliphatic heterocycles. The highest BCUT2D eigenvalue weighted by atomic mass is 32.2. The number of hydrogen-bond donors (Lipinski definition) is 1. The van der Waals surface area contributed by atoms with E-state index >= 15 is 0 Å². The van der Waals surface area contributed by atoms with E-state index in [1.807, 2.05) is 26.0 Å². The highest BCUT2D eigenvalue weighted by Crippen LogP contribution is 2.26. The van der Waals surface area contributed by atoms with Crippen molar-refractivity contribution in [3.63, 3.8) is 0 Å². The second-order valence-corrected chi connectivity index (χ2v) is 8.93. The van der Waals surface area contributed by atoms with E-state index in [4.69, 9.17) is 0 Å². The number of anilines is 1. The van der Waals surface area contributed by atoms with Gasteiger partial charge in [-0.05, 0) is 55.5 Å². The average Bonchev–Trinajstić information content (AvgIpc) is 2.63. The smallest absolute Gasteiger partial charge is 0.255 e. The maximum Gasteiger partial charge on any atom is 0.255 e. The van der Waals surface area contributed by atoms with Gasteiger partial charge in [-0.1, -0.05) is 25.1 Å². The fourth-order valence-electron chi connectivity index (χ4n) is 3.25. The van der Waals surface area contributed by atoms with Crippen molar-refractivity contribution in [1.29, 1.82) is 0 Å². The number of nitrogens with one attached hydrogen (secondary N) is 1. The van der Waals surface area contributed by atoms with E-state index in [2.05, 4.69) is 5.32 Å². The molecule has 3 rings (SSSR count). The molecule has 1 aliphatic rings. The third-order valence-corrected chi connectivity index (χ3v) is 6.70. The Kier molecular flexibility index (Phi) is 5.62. The molecule has 2 aromatic rings. The third-order valence-electron chi connectivity index (χ3n) is 4.82. The quantitative estimate of drug-likeness (QED) is 0.863. The lowest BCUT2D eigenvalue weighted by Gasteiger charge is -2.30. The lowest BCUT2D eigenvalue weighted by molar-refractivity contribution is 0.102. The van der Waals surface area contributed by atoms with Crippen molar-refractivity contribution >= 4 is 21.6 Å². The zero-order valence-electron chi connectivity index (χ0n) is 15.4. The van der Waals surface area contributed by atoms with Crippen molar-refractivity contribution < 1.29 is 17.6 Å². The summed E-state index contributed by atoms with van der Waals surface area (Å²) in [5, 5.41) is 2.74. The maximum atomic E-state index is 14.3. The van der Waals surface area contributed by atoms with Crippen LogP contribution in [0.4, 0.5) is 10.1 Å². The SMILES string of the molecule is Cc1ccccc1NC(=O)c1ccc(F)c(S(=O)(=O)N2CCCC(C)C2)c1. The number of amides is 1. The highest BCUT2D eigenvalue weighted by molar-refractivity contribution is 7.89. The first-order chi connectivity index (χ1) is 12.8. The Morgan fingerprint density at radius 2 is 1.96 bits per heavy atom. The topological polar surface area (TPSA) is 66.5 Å². The molecule has 0 saturated carbocycles. The minimum absolute atomic E-state index is 0.100. The summed E-state index contributed by atoms with van der Waals surface area (Å²) < 4.78 is 41.4. The number of carbonyl (C=O) groups excluding carboxylic acids is 1. The van der Waals surface area contributed by atoms with Crippen molar-refractivity contribution in [1.82, 2.24) is 4.31 Å². The van der Waals surface area contributed by atoms with Gasteiger partial charge < -0.3 is 5.32 Å². The molecule has 0 spiro atoms. The Morgan fingerprint density at radius 3 is 2.67 bits per heavy atom. The number of nitrogens with zero attached hydrogens (tertiary/aromatic N) is 1. The first kappa shape index (κ1) is 19.5. The summed E-state index contributed by atoms with van der Waals surface area (Å²) in [5.41, 5.74) is 1.60. The maximum absolute atomic E-state index is 14.3. The standard InChI is InChI=1S/C20H23FN2O3S/c1-14-6-5-11-23(13-14)27(25,26)19-12-16(9-10-17(19)21)20(24)22-18-8-4-3-7-15(18)2/h3-4,7-10,12,14H,5-6,11,13H2,1-2H3,(H,22,24). The Bertz CT molecular complexity index is 959. The van der Waals surface area contributed by atoms with E-state index in [-0.39, 0.29) is 11.5 Å². The highest BCUT2D eigenvalue weighted by Gasteiger charge is 2.31. The van der Waals surface area contributed by atoms with Gasteiger partial charge in [0, 0.05) is 24.3 Å². The summed E-state index contributed by atoms with van der Waals surface area (Å²) >= 11 is 0. The van der Waals surface area contributed by atoms with Gasteiger partial charge in [0.2, 0.25) is 10.0 Å². The largest absolute Gasteiger partial charge is 0.322 e. The molecular formula is C20H23FN2O3S. The molecular weight excluding hydrogens is 367 g/mol. The molecule has 2 aromatic carbocycles. The number of piperidine rings is 1. The molecule has 27 heavy (non-hydrogen) atoms. The summed E-state index contributed by atoms with van der Waals surface area (Å²) in [5.74, 6) is -1.10. The molecule has 144 valence electrons. The van der Waals surface area contributed by atoms with Crippen LogP contribution in [-0.2, 0) is 10.0 Å². The van der Waals surface area contributed by atoms with Crippen LogP contribution >= 0.6 is 0 Å². The van der Waals surface area contributed by atoms with Gasteiger partial charge >= 0.3 is 0 Å². The molecule has 1 unspecified atom stereocenters. The molecule has 0 radical (unpaired) electrons. The molecule has 0 bridgehead atoms. The number of halogens is 1. The van der Waals surface area contributed by atoms with Crippen LogP contribution in [0.25, 0.3) is 0 Å². The molecule has 7 heteroatoms. The van der Waals surface area contributed by atoms with Crippen molar-refractivity contribution in [2.75, 3.05) is 18.4 Å². The first-order valence-corrected chi connectivity index (χ1v) is 10.4. The first-order valence-electron chi connectivity index (χ1n) is 8.95. The van der Waals surface area contributed by atoms with Gasteiger partial charge in [0.1, 0.15) is 10.7 Å². The van der Waals surface area contributed by atoms with Gasteiger partial charge in [0.15, 0.2) is 0 Å². The molecule has 1 atom stereocenters. The van der Waals surface area contributed by atoms with Gasteiger partial charge in [-0.25, -0.2) is 12.8 Å². The van der Waals surface area contributed by atoms with Crippen LogP contribution in [0.5, 0.6) is 0 Å². The number of benzene rings is 2.